The lowest BCUT2D eigenvalue weighted by Crippen LogP contribution is -2.53. The van der Waals surface area contributed by atoms with Gasteiger partial charge >= 0.3 is 0 Å². The van der Waals surface area contributed by atoms with Crippen molar-refractivity contribution >= 4 is 44.6 Å². The number of imide groups is 1. The van der Waals surface area contributed by atoms with E-state index in [0.717, 1.165) is 14.8 Å². The minimum Gasteiger partial charge on any atom is -0.450 e. The van der Waals surface area contributed by atoms with Gasteiger partial charge in [-0.1, -0.05) is 12.1 Å². The van der Waals surface area contributed by atoms with Crippen LogP contribution in [0.4, 0.5) is 0 Å². The predicted molar refractivity (Wildman–Crippen MR) is 73.0 cm³/mol. The van der Waals surface area contributed by atoms with Crippen molar-refractivity contribution in [3.63, 3.8) is 0 Å². The Hall–Kier alpha value is -2.15. The summed E-state index contributed by atoms with van der Waals surface area (Å²) in [5.74, 6) is -1.36. The molecule has 102 valence electrons. The molecule has 1 aliphatic heterocycles. The number of furan rings is 1. The van der Waals surface area contributed by atoms with E-state index in [0.29, 0.717) is 5.58 Å². The van der Waals surface area contributed by atoms with E-state index in [1.807, 2.05) is 12.1 Å². The van der Waals surface area contributed by atoms with Gasteiger partial charge in [0, 0.05) is 5.39 Å². The van der Waals surface area contributed by atoms with Crippen LogP contribution < -0.4 is 5.32 Å². The van der Waals surface area contributed by atoms with Crippen molar-refractivity contribution in [1.82, 2.24) is 10.2 Å². The third kappa shape index (κ3) is 2.20. The largest absolute Gasteiger partial charge is 0.450 e. The highest BCUT2D eigenvalue weighted by atomic mass is 79.9. The normalized spacial score (nSPS) is 15.6. The van der Waals surface area contributed by atoms with Crippen LogP contribution in [0.2, 0.25) is 0 Å². The first-order valence-electron chi connectivity index (χ1n) is 5.84. The monoisotopic (exact) mass is 336 g/mol. The minimum absolute atomic E-state index is 0.106. The van der Waals surface area contributed by atoms with Crippen molar-refractivity contribution < 1.29 is 18.8 Å². The van der Waals surface area contributed by atoms with Crippen molar-refractivity contribution in [2.45, 2.75) is 0 Å². The summed E-state index contributed by atoms with van der Waals surface area (Å²) < 4.78 is 6.24. The Labute approximate surface area is 121 Å². The lowest BCUT2D eigenvalue weighted by atomic mass is 10.2. The molecule has 0 unspecified atom stereocenters. The molecule has 2 heterocycles. The Morgan fingerprint density at radius 3 is 2.60 bits per heavy atom. The second kappa shape index (κ2) is 4.75. The highest BCUT2D eigenvalue weighted by molar-refractivity contribution is 9.10. The smallest absolute Gasteiger partial charge is 0.290 e. The van der Waals surface area contributed by atoms with Crippen LogP contribution in [-0.4, -0.2) is 35.7 Å². The van der Waals surface area contributed by atoms with Crippen LogP contribution in [0.25, 0.3) is 11.0 Å². The number of rotatable bonds is 1. The zero-order valence-electron chi connectivity index (χ0n) is 10.2. The number of halogens is 1. The van der Waals surface area contributed by atoms with Gasteiger partial charge in [-0.25, -0.2) is 0 Å². The molecule has 20 heavy (non-hydrogen) atoms. The van der Waals surface area contributed by atoms with Gasteiger partial charge in [-0.2, -0.15) is 0 Å². The van der Waals surface area contributed by atoms with E-state index in [2.05, 4.69) is 21.2 Å². The molecule has 3 amide bonds. The summed E-state index contributed by atoms with van der Waals surface area (Å²) in [6, 6.07) is 7.04. The summed E-state index contributed by atoms with van der Waals surface area (Å²) in [5, 5.41) is 2.92. The van der Waals surface area contributed by atoms with Crippen LogP contribution in [-0.2, 0) is 9.59 Å². The lowest BCUT2D eigenvalue weighted by Gasteiger charge is -2.24. The summed E-state index contributed by atoms with van der Waals surface area (Å²) in [4.78, 5) is 36.0. The summed E-state index contributed by atoms with van der Waals surface area (Å²) >= 11 is 3.34. The van der Waals surface area contributed by atoms with Gasteiger partial charge in [0.25, 0.3) is 5.91 Å². The highest BCUT2D eigenvalue weighted by Gasteiger charge is 2.29. The van der Waals surface area contributed by atoms with Crippen molar-refractivity contribution in [2.75, 3.05) is 13.1 Å². The molecule has 1 aliphatic rings. The first-order valence-corrected chi connectivity index (χ1v) is 6.64. The summed E-state index contributed by atoms with van der Waals surface area (Å²) in [6.07, 6.45) is 0. The molecule has 2 aromatic rings. The van der Waals surface area contributed by atoms with E-state index in [4.69, 9.17) is 4.42 Å². The lowest BCUT2D eigenvalue weighted by molar-refractivity contribution is -0.135. The van der Waals surface area contributed by atoms with Crippen LogP contribution in [0.5, 0.6) is 0 Å². The first-order chi connectivity index (χ1) is 9.54. The average molecular weight is 337 g/mol. The number of hydrogen-bond acceptors (Lipinski definition) is 4. The Morgan fingerprint density at radius 2 is 1.95 bits per heavy atom. The van der Waals surface area contributed by atoms with Gasteiger partial charge in [-0.15, -0.1) is 0 Å². The standard InChI is InChI=1S/C13H9BrN2O4/c14-8-3-1-2-7-4-9(20-12(7)8)13(19)16-5-10(17)15-11(18)6-16/h1-4H,5-6H2,(H,15,17,18). The molecular weight excluding hydrogens is 328 g/mol. The van der Waals surface area contributed by atoms with E-state index >= 15 is 0 Å². The molecule has 0 radical (unpaired) electrons. The second-order valence-corrected chi connectivity index (χ2v) is 5.26. The number of amides is 3. The molecular formula is C13H9BrN2O4. The number of carbonyl (C=O) groups excluding carboxylic acids is 3. The maximum Gasteiger partial charge on any atom is 0.290 e. The topological polar surface area (TPSA) is 79.6 Å². The van der Waals surface area contributed by atoms with Crippen LogP contribution in [0.1, 0.15) is 10.6 Å². The van der Waals surface area contributed by atoms with Gasteiger partial charge in [-0.05, 0) is 28.1 Å². The van der Waals surface area contributed by atoms with Gasteiger partial charge in [0.2, 0.25) is 11.8 Å². The number of carbonyl (C=O) groups is 3. The number of fused-ring (bicyclic) bond motifs is 1. The second-order valence-electron chi connectivity index (χ2n) is 4.40. The molecule has 1 aromatic carbocycles. The molecule has 1 fully saturated rings. The molecule has 6 nitrogen and oxygen atoms in total. The van der Waals surface area contributed by atoms with Crippen molar-refractivity contribution in [3.05, 3.63) is 34.5 Å². The summed E-state index contributed by atoms with van der Waals surface area (Å²) in [7, 11) is 0. The fourth-order valence-corrected chi connectivity index (χ4v) is 2.53. The number of para-hydroxylation sites is 1. The number of benzene rings is 1. The molecule has 0 spiro atoms. The number of nitrogens with zero attached hydrogens (tertiary/aromatic N) is 1. The fourth-order valence-electron chi connectivity index (χ4n) is 2.07. The number of nitrogens with one attached hydrogen (secondary N) is 1. The van der Waals surface area contributed by atoms with Crippen molar-refractivity contribution in [3.8, 4) is 0 Å². The SMILES string of the molecule is O=C1CN(C(=O)c2cc3cccc(Br)c3o2)CC(=O)N1. The van der Waals surface area contributed by atoms with Gasteiger partial charge in [-0.3, -0.25) is 19.7 Å². The molecule has 0 aliphatic carbocycles. The maximum atomic E-state index is 12.3. The van der Waals surface area contributed by atoms with Gasteiger partial charge < -0.3 is 9.32 Å². The average Bonchev–Trinajstić information content (AvgIpc) is 2.82. The third-order valence-corrected chi connectivity index (χ3v) is 3.57. The molecule has 1 saturated heterocycles. The highest BCUT2D eigenvalue weighted by Crippen LogP contribution is 2.27. The van der Waals surface area contributed by atoms with Crippen LogP contribution in [0, 0.1) is 0 Å². The Bertz CT molecular complexity index is 721. The van der Waals surface area contributed by atoms with Crippen LogP contribution in [0.3, 0.4) is 0 Å². The molecule has 7 heteroatoms. The van der Waals surface area contributed by atoms with Gasteiger partial charge in [0.15, 0.2) is 5.76 Å². The molecule has 0 saturated carbocycles. The molecule has 1 N–H and O–H groups in total. The predicted octanol–water partition coefficient (Wildman–Crippen LogP) is 1.29. The molecule has 0 atom stereocenters. The van der Waals surface area contributed by atoms with Crippen molar-refractivity contribution in [2.24, 2.45) is 0 Å². The quantitative estimate of drug-likeness (QED) is 0.796. The zero-order valence-corrected chi connectivity index (χ0v) is 11.8. The van der Waals surface area contributed by atoms with Gasteiger partial charge in [0.05, 0.1) is 4.47 Å². The molecule has 1 aromatic heterocycles. The Balaban J connectivity index is 1.94. The van der Waals surface area contributed by atoms with E-state index in [1.165, 1.54) is 0 Å². The Morgan fingerprint density at radius 1 is 1.25 bits per heavy atom. The third-order valence-electron chi connectivity index (χ3n) is 2.94. The van der Waals surface area contributed by atoms with Crippen LogP contribution in [0.15, 0.2) is 33.2 Å². The van der Waals surface area contributed by atoms with Gasteiger partial charge in [0.1, 0.15) is 18.7 Å². The Kier molecular flexibility index (Phi) is 3.06. The molecule has 3 rings (SSSR count). The summed E-state index contributed by atoms with van der Waals surface area (Å²) in [6.45, 7) is -0.300. The fraction of sp³-hybridized carbons (Fsp3) is 0.154. The summed E-state index contributed by atoms with van der Waals surface area (Å²) in [5.41, 5.74) is 0.559. The van der Waals surface area contributed by atoms with E-state index < -0.39 is 17.7 Å². The zero-order chi connectivity index (χ0) is 14.3. The maximum absolute atomic E-state index is 12.3. The van der Waals surface area contributed by atoms with E-state index in [-0.39, 0.29) is 18.8 Å². The number of hydrogen-bond donors (Lipinski definition) is 1. The van der Waals surface area contributed by atoms with Crippen molar-refractivity contribution in [1.29, 1.82) is 0 Å². The van der Waals surface area contributed by atoms with E-state index in [1.54, 1.807) is 12.1 Å². The minimum atomic E-state index is -0.494. The van der Waals surface area contributed by atoms with E-state index in [9.17, 15) is 14.4 Å². The van der Waals surface area contributed by atoms with Crippen LogP contribution >= 0.6 is 15.9 Å². The molecule has 0 bridgehead atoms. The number of piperazine rings is 1. The first kappa shape index (κ1) is 12.9.